The summed E-state index contributed by atoms with van der Waals surface area (Å²) in [7, 11) is 0. The second kappa shape index (κ2) is 17.3. The number of aliphatic hydroxyl groups excluding tert-OH is 1. The number of hydrogen-bond acceptors (Lipinski definition) is 9. The molecule has 0 fully saturated rings. The number of hydrogen-bond donors (Lipinski definition) is 1. The summed E-state index contributed by atoms with van der Waals surface area (Å²) in [6.07, 6.45) is 5.10. The van der Waals surface area contributed by atoms with Crippen LogP contribution in [0.5, 0.6) is 23.0 Å². The first-order valence-electron chi connectivity index (χ1n) is 15.4. The molecule has 0 saturated heterocycles. The summed E-state index contributed by atoms with van der Waals surface area (Å²) in [5, 5.41) is 12.5. The molecule has 4 aromatic carbocycles. The van der Waals surface area contributed by atoms with Crippen LogP contribution in [0.4, 0.5) is 0 Å². The molecule has 0 aliphatic carbocycles. The van der Waals surface area contributed by atoms with Crippen LogP contribution in [0, 0.1) is 0 Å². The van der Waals surface area contributed by atoms with Gasteiger partial charge in [0.1, 0.15) is 23.0 Å². The molecule has 244 valence electrons. The zero-order chi connectivity index (χ0) is 33.6. The van der Waals surface area contributed by atoms with Gasteiger partial charge in [-0.25, -0.2) is 14.4 Å². The van der Waals surface area contributed by atoms with Crippen LogP contribution in [0.15, 0.2) is 104 Å². The number of aliphatic hydroxyl groups is 1. The van der Waals surface area contributed by atoms with Crippen LogP contribution >= 0.6 is 0 Å². The lowest BCUT2D eigenvalue weighted by atomic mass is 10.1. The van der Waals surface area contributed by atoms with Gasteiger partial charge in [0, 0.05) is 17.7 Å². The number of aryl methyl sites for hydroxylation is 1. The van der Waals surface area contributed by atoms with Gasteiger partial charge < -0.3 is 28.8 Å². The quantitative estimate of drug-likeness (QED) is 0.0414. The largest absolute Gasteiger partial charge is 0.494 e. The summed E-state index contributed by atoms with van der Waals surface area (Å²) in [5.74, 6) is 0.407. The highest BCUT2D eigenvalue weighted by Crippen LogP contribution is 2.31. The third kappa shape index (κ3) is 10.3. The van der Waals surface area contributed by atoms with Gasteiger partial charge in [0.15, 0.2) is 0 Å². The van der Waals surface area contributed by atoms with Crippen molar-refractivity contribution in [2.45, 2.75) is 45.3 Å². The van der Waals surface area contributed by atoms with Gasteiger partial charge in [0.25, 0.3) is 0 Å². The highest BCUT2D eigenvalue weighted by atomic mass is 16.6. The highest BCUT2D eigenvalue weighted by Gasteiger charge is 2.15. The lowest BCUT2D eigenvalue weighted by Gasteiger charge is -2.18. The molecule has 0 radical (unpaired) electrons. The van der Waals surface area contributed by atoms with E-state index in [2.05, 4.69) is 13.2 Å². The molecule has 0 aromatic heterocycles. The number of esters is 3. The predicted octanol–water partition coefficient (Wildman–Crippen LogP) is 7.45. The first-order chi connectivity index (χ1) is 22.8. The SMILES string of the molecule is C=CC(=O)OCCCCCCOc1ccc(C(=O)Oc2ccc(OC(O)c3ccc4cc(OC(=O)C=C)ccc4c3)c(CC)c2)cc1. The van der Waals surface area contributed by atoms with E-state index < -0.39 is 24.2 Å². The smallest absolute Gasteiger partial charge is 0.343 e. The third-order valence-electron chi connectivity index (χ3n) is 7.18. The fourth-order valence-corrected chi connectivity index (χ4v) is 4.65. The van der Waals surface area contributed by atoms with Crippen LogP contribution in [0.3, 0.4) is 0 Å². The lowest BCUT2D eigenvalue weighted by Crippen LogP contribution is -2.10. The Kier molecular flexibility index (Phi) is 12.7. The molecule has 9 nitrogen and oxygen atoms in total. The van der Waals surface area contributed by atoms with E-state index in [-0.39, 0.29) is 0 Å². The maximum Gasteiger partial charge on any atom is 0.343 e. The summed E-state index contributed by atoms with van der Waals surface area (Å²) < 4.78 is 27.4. The van der Waals surface area contributed by atoms with Crippen molar-refractivity contribution >= 4 is 28.7 Å². The average molecular weight is 639 g/mol. The normalized spacial score (nSPS) is 11.3. The number of carbonyl (C=O) groups is 3. The lowest BCUT2D eigenvalue weighted by molar-refractivity contribution is -0.137. The van der Waals surface area contributed by atoms with Crippen molar-refractivity contribution < 1.29 is 43.2 Å². The monoisotopic (exact) mass is 638 g/mol. The Morgan fingerprint density at radius 1 is 0.723 bits per heavy atom. The molecule has 47 heavy (non-hydrogen) atoms. The van der Waals surface area contributed by atoms with E-state index in [1.54, 1.807) is 78.9 Å². The third-order valence-corrected chi connectivity index (χ3v) is 7.18. The van der Waals surface area contributed by atoms with E-state index in [0.29, 0.717) is 53.8 Å². The van der Waals surface area contributed by atoms with E-state index in [9.17, 15) is 19.5 Å². The minimum Gasteiger partial charge on any atom is -0.494 e. The molecule has 1 unspecified atom stereocenters. The Labute approximate surface area is 274 Å². The van der Waals surface area contributed by atoms with Gasteiger partial charge >= 0.3 is 17.9 Å². The van der Waals surface area contributed by atoms with Gasteiger partial charge in [-0.3, -0.25) is 0 Å². The van der Waals surface area contributed by atoms with Crippen molar-refractivity contribution in [1.29, 1.82) is 0 Å². The van der Waals surface area contributed by atoms with Gasteiger partial charge in [-0.2, -0.15) is 0 Å². The Hall–Kier alpha value is -5.41. The summed E-state index contributed by atoms with van der Waals surface area (Å²) in [4.78, 5) is 35.3. The van der Waals surface area contributed by atoms with E-state index in [1.807, 2.05) is 6.92 Å². The topological polar surface area (TPSA) is 118 Å². The Balaban J connectivity index is 1.27. The molecule has 0 heterocycles. The van der Waals surface area contributed by atoms with Gasteiger partial charge in [-0.1, -0.05) is 38.3 Å². The minimum atomic E-state index is -1.24. The number of unbranched alkanes of at least 4 members (excludes halogenated alkanes) is 3. The Morgan fingerprint density at radius 2 is 1.36 bits per heavy atom. The summed E-state index contributed by atoms with van der Waals surface area (Å²) in [6.45, 7) is 9.62. The maximum absolute atomic E-state index is 12.8. The number of fused-ring (bicyclic) bond motifs is 1. The number of rotatable bonds is 17. The van der Waals surface area contributed by atoms with Crippen molar-refractivity contribution in [3.63, 3.8) is 0 Å². The second-order valence-corrected chi connectivity index (χ2v) is 10.5. The summed E-state index contributed by atoms with van der Waals surface area (Å²) in [6, 6.07) is 22.3. The molecular formula is C38H38O9. The zero-order valence-corrected chi connectivity index (χ0v) is 26.3. The molecule has 0 aliphatic rings. The van der Waals surface area contributed by atoms with Crippen LogP contribution in [-0.2, 0) is 20.7 Å². The predicted molar refractivity (Wildman–Crippen MR) is 178 cm³/mol. The molecule has 0 aliphatic heterocycles. The van der Waals surface area contributed by atoms with Gasteiger partial charge in [-0.05, 0) is 109 Å². The minimum absolute atomic E-state index is 0.354. The van der Waals surface area contributed by atoms with Crippen molar-refractivity contribution in [3.05, 3.63) is 121 Å². The first-order valence-corrected chi connectivity index (χ1v) is 15.4. The summed E-state index contributed by atoms with van der Waals surface area (Å²) in [5.41, 5.74) is 1.68. The van der Waals surface area contributed by atoms with E-state index >= 15 is 0 Å². The summed E-state index contributed by atoms with van der Waals surface area (Å²) >= 11 is 0. The standard InChI is InChI=1S/C38H38O9/c1-4-26-24-33(46-37(41)27-13-16-31(17-14-27)43-21-9-7-8-10-22-44-35(39)5-2)19-20-34(26)47-38(42)30-12-11-29-25-32(45-36(40)6-3)18-15-28(29)23-30/h5-6,11-20,23-25,38,42H,2-4,7-10,21-22H2,1H3. The number of carbonyl (C=O) groups excluding carboxylic acids is 3. The molecular weight excluding hydrogens is 600 g/mol. The van der Waals surface area contributed by atoms with Crippen molar-refractivity contribution in [2.24, 2.45) is 0 Å². The first kappa shape index (κ1) is 34.5. The van der Waals surface area contributed by atoms with Crippen LogP contribution in [0.1, 0.15) is 60.4 Å². The molecule has 4 aromatic rings. The van der Waals surface area contributed by atoms with Crippen LogP contribution in [0.2, 0.25) is 0 Å². The van der Waals surface area contributed by atoms with E-state index in [1.165, 1.54) is 0 Å². The fourth-order valence-electron chi connectivity index (χ4n) is 4.65. The molecule has 1 atom stereocenters. The molecule has 1 N–H and O–H groups in total. The van der Waals surface area contributed by atoms with Crippen LogP contribution < -0.4 is 18.9 Å². The Morgan fingerprint density at radius 3 is 2.09 bits per heavy atom. The number of ether oxygens (including phenoxy) is 5. The second-order valence-electron chi connectivity index (χ2n) is 10.5. The molecule has 0 amide bonds. The van der Waals surface area contributed by atoms with Crippen LogP contribution in [0.25, 0.3) is 10.8 Å². The van der Waals surface area contributed by atoms with Gasteiger partial charge in [0.05, 0.1) is 18.8 Å². The van der Waals surface area contributed by atoms with Crippen molar-refractivity contribution in [3.8, 4) is 23.0 Å². The average Bonchev–Trinajstić information content (AvgIpc) is 3.09. The van der Waals surface area contributed by atoms with Gasteiger partial charge in [0.2, 0.25) is 6.29 Å². The molecule has 0 bridgehead atoms. The molecule has 0 saturated carbocycles. The maximum atomic E-state index is 12.8. The van der Waals surface area contributed by atoms with Crippen LogP contribution in [-0.4, -0.2) is 36.2 Å². The zero-order valence-electron chi connectivity index (χ0n) is 26.3. The van der Waals surface area contributed by atoms with Crippen molar-refractivity contribution in [2.75, 3.05) is 13.2 Å². The fraction of sp³-hybridized carbons (Fsp3) is 0.237. The van der Waals surface area contributed by atoms with Crippen molar-refractivity contribution in [1.82, 2.24) is 0 Å². The Bertz CT molecular complexity index is 1710. The molecule has 9 heteroatoms. The molecule has 4 rings (SSSR count). The highest BCUT2D eigenvalue weighted by molar-refractivity contribution is 5.91. The molecule has 0 spiro atoms. The number of benzene rings is 4. The van der Waals surface area contributed by atoms with E-state index in [4.69, 9.17) is 23.7 Å². The van der Waals surface area contributed by atoms with Gasteiger partial charge in [-0.15, -0.1) is 0 Å². The van der Waals surface area contributed by atoms with E-state index in [0.717, 1.165) is 54.2 Å².